The lowest BCUT2D eigenvalue weighted by atomic mass is 10.2. The van der Waals surface area contributed by atoms with Gasteiger partial charge in [0.1, 0.15) is 11.5 Å². The van der Waals surface area contributed by atoms with Crippen molar-refractivity contribution < 1.29 is 9.84 Å². The summed E-state index contributed by atoms with van der Waals surface area (Å²) in [6.07, 6.45) is 1.67. The predicted molar refractivity (Wildman–Crippen MR) is 71.1 cm³/mol. The molecule has 0 aliphatic carbocycles. The molecule has 0 saturated carbocycles. The van der Waals surface area contributed by atoms with Gasteiger partial charge in [0, 0.05) is 11.9 Å². The fourth-order valence-corrected chi connectivity index (χ4v) is 1.94. The number of aryl methyl sites for hydroxylation is 1. The summed E-state index contributed by atoms with van der Waals surface area (Å²) in [6.45, 7) is 1.96. The zero-order chi connectivity index (χ0) is 13.2. The van der Waals surface area contributed by atoms with Crippen molar-refractivity contribution in [3.05, 3.63) is 47.8 Å². The summed E-state index contributed by atoms with van der Waals surface area (Å²) in [4.78, 5) is 4.18. The molecule has 0 unspecified atom stereocenters. The van der Waals surface area contributed by atoms with Crippen molar-refractivity contribution in [2.24, 2.45) is 0 Å². The lowest BCUT2D eigenvalue weighted by molar-refractivity contribution is 0.281. The number of H-pyrrole nitrogens is 1. The molecule has 5 nitrogen and oxygen atoms in total. The van der Waals surface area contributed by atoms with Crippen molar-refractivity contribution in [1.82, 2.24) is 15.2 Å². The van der Waals surface area contributed by atoms with Crippen LogP contribution in [0.15, 0.2) is 36.5 Å². The van der Waals surface area contributed by atoms with E-state index in [9.17, 15) is 0 Å². The van der Waals surface area contributed by atoms with E-state index in [-0.39, 0.29) is 6.61 Å². The molecule has 3 rings (SSSR count). The SMILES string of the molecule is Cc1[nH]nc2nccc(Oc3ccc(CO)cc3)c12. The molecule has 2 N–H and O–H groups in total. The van der Waals surface area contributed by atoms with Gasteiger partial charge in [-0.15, -0.1) is 0 Å². The first-order valence-corrected chi connectivity index (χ1v) is 5.95. The number of aliphatic hydroxyl groups is 1. The molecule has 0 spiro atoms. The zero-order valence-corrected chi connectivity index (χ0v) is 10.4. The molecule has 2 heterocycles. The quantitative estimate of drug-likeness (QED) is 0.754. The number of nitrogens with one attached hydrogen (secondary N) is 1. The molecule has 1 aromatic carbocycles. The number of aliphatic hydroxyl groups excluding tert-OH is 1. The van der Waals surface area contributed by atoms with E-state index in [1.807, 2.05) is 37.3 Å². The summed E-state index contributed by atoms with van der Waals surface area (Å²) in [7, 11) is 0. The van der Waals surface area contributed by atoms with E-state index in [1.54, 1.807) is 6.20 Å². The van der Waals surface area contributed by atoms with Crippen LogP contribution in [-0.4, -0.2) is 20.3 Å². The summed E-state index contributed by atoms with van der Waals surface area (Å²) in [6, 6.07) is 9.12. The molecule has 0 atom stereocenters. The van der Waals surface area contributed by atoms with Crippen LogP contribution in [0.3, 0.4) is 0 Å². The van der Waals surface area contributed by atoms with Crippen molar-refractivity contribution >= 4 is 11.0 Å². The van der Waals surface area contributed by atoms with Crippen molar-refractivity contribution in [2.45, 2.75) is 13.5 Å². The van der Waals surface area contributed by atoms with Gasteiger partial charge in [-0.3, -0.25) is 5.10 Å². The van der Waals surface area contributed by atoms with Crippen molar-refractivity contribution in [1.29, 1.82) is 0 Å². The second-order valence-electron chi connectivity index (χ2n) is 4.26. The Balaban J connectivity index is 1.98. The number of aromatic amines is 1. The van der Waals surface area contributed by atoms with E-state index in [0.29, 0.717) is 17.1 Å². The number of rotatable bonds is 3. The fourth-order valence-electron chi connectivity index (χ4n) is 1.94. The average Bonchev–Trinajstić information content (AvgIpc) is 2.83. The van der Waals surface area contributed by atoms with E-state index in [1.165, 1.54) is 0 Å². The normalized spacial score (nSPS) is 10.8. The highest BCUT2D eigenvalue weighted by Crippen LogP contribution is 2.29. The summed E-state index contributed by atoms with van der Waals surface area (Å²) in [5.74, 6) is 1.43. The lowest BCUT2D eigenvalue weighted by Crippen LogP contribution is -1.88. The summed E-state index contributed by atoms with van der Waals surface area (Å²) in [5, 5.41) is 16.9. The predicted octanol–water partition coefficient (Wildman–Crippen LogP) is 2.55. The van der Waals surface area contributed by atoms with E-state index in [2.05, 4.69) is 15.2 Å². The van der Waals surface area contributed by atoms with Gasteiger partial charge in [-0.1, -0.05) is 12.1 Å². The molecule has 0 fully saturated rings. The van der Waals surface area contributed by atoms with Gasteiger partial charge >= 0.3 is 0 Å². The van der Waals surface area contributed by atoms with E-state index in [0.717, 1.165) is 16.6 Å². The van der Waals surface area contributed by atoms with Crippen LogP contribution in [0.1, 0.15) is 11.3 Å². The largest absolute Gasteiger partial charge is 0.456 e. The Morgan fingerprint density at radius 1 is 1.21 bits per heavy atom. The van der Waals surface area contributed by atoms with Crippen LogP contribution in [0.5, 0.6) is 11.5 Å². The molecule has 0 aliphatic heterocycles. The smallest absolute Gasteiger partial charge is 0.184 e. The van der Waals surface area contributed by atoms with Gasteiger partial charge < -0.3 is 9.84 Å². The van der Waals surface area contributed by atoms with Gasteiger partial charge in [0.05, 0.1) is 12.0 Å². The number of aromatic nitrogens is 3. The number of ether oxygens (including phenoxy) is 1. The number of nitrogens with zero attached hydrogens (tertiary/aromatic N) is 2. The Bertz CT molecular complexity index is 704. The van der Waals surface area contributed by atoms with E-state index >= 15 is 0 Å². The zero-order valence-electron chi connectivity index (χ0n) is 10.4. The maximum absolute atomic E-state index is 9.01. The third-order valence-corrected chi connectivity index (χ3v) is 2.93. The van der Waals surface area contributed by atoms with Crippen molar-refractivity contribution in [2.75, 3.05) is 0 Å². The number of hydrogen-bond acceptors (Lipinski definition) is 4. The number of hydrogen-bond donors (Lipinski definition) is 2. The van der Waals surface area contributed by atoms with Gasteiger partial charge in [0.15, 0.2) is 5.65 Å². The second kappa shape index (κ2) is 4.70. The first-order chi connectivity index (χ1) is 9.28. The number of fused-ring (bicyclic) bond motifs is 1. The summed E-state index contributed by atoms with van der Waals surface area (Å²) in [5.41, 5.74) is 2.42. The summed E-state index contributed by atoms with van der Waals surface area (Å²) < 4.78 is 5.85. The Morgan fingerprint density at radius 3 is 2.74 bits per heavy atom. The molecule has 0 radical (unpaired) electrons. The third kappa shape index (κ3) is 2.15. The van der Waals surface area contributed by atoms with Crippen LogP contribution < -0.4 is 4.74 Å². The Labute approximate surface area is 109 Å². The van der Waals surface area contributed by atoms with Crippen LogP contribution in [-0.2, 0) is 6.61 Å². The van der Waals surface area contributed by atoms with Crippen molar-refractivity contribution in [3.63, 3.8) is 0 Å². The molecule has 19 heavy (non-hydrogen) atoms. The molecule has 96 valence electrons. The highest BCUT2D eigenvalue weighted by Gasteiger charge is 2.09. The van der Waals surface area contributed by atoms with Crippen molar-refractivity contribution in [3.8, 4) is 11.5 Å². The molecule has 3 aromatic rings. The molecular weight excluding hydrogens is 242 g/mol. The second-order valence-corrected chi connectivity index (χ2v) is 4.26. The van der Waals surface area contributed by atoms with Crippen LogP contribution in [0.25, 0.3) is 11.0 Å². The number of benzene rings is 1. The molecule has 0 amide bonds. The highest BCUT2D eigenvalue weighted by atomic mass is 16.5. The van der Waals surface area contributed by atoms with Gasteiger partial charge in [-0.05, 0) is 30.7 Å². The monoisotopic (exact) mass is 255 g/mol. The molecule has 0 saturated heterocycles. The topological polar surface area (TPSA) is 71.0 Å². The van der Waals surface area contributed by atoms with Gasteiger partial charge in [-0.2, -0.15) is 5.10 Å². The highest BCUT2D eigenvalue weighted by molar-refractivity contribution is 5.84. The standard InChI is InChI=1S/C14H13N3O2/c1-9-13-12(6-7-15-14(13)17-16-9)19-11-4-2-10(8-18)3-5-11/h2-7,18H,8H2,1H3,(H,15,16,17). The maximum atomic E-state index is 9.01. The minimum atomic E-state index is 0.0284. The third-order valence-electron chi connectivity index (χ3n) is 2.93. The van der Waals surface area contributed by atoms with Gasteiger partial charge in [0.25, 0.3) is 0 Å². The summed E-state index contributed by atoms with van der Waals surface area (Å²) >= 11 is 0. The lowest BCUT2D eigenvalue weighted by Gasteiger charge is -2.07. The van der Waals surface area contributed by atoms with Crippen LogP contribution >= 0.6 is 0 Å². The molecule has 5 heteroatoms. The molecule has 0 aliphatic rings. The minimum absolute atomic E-state index is 0.0284. The van der Waals surface area contributed by atoms with E-state index < -0.39 is 0 Å². The first-order valence-electron chi connectivity index (χ1n) is 5.95. The van der Waals surface area contributed by atoms with Gasteiger partial charge in [0.2, 0.25) is 0 Å². The molecule has 2 aromatic heterocycles. The number of pyridine rings is 1. The maximum Gasteiger partial charge on any atom is 0.184 e. The minimum Gasteiger partial charge on any atom is -0.456 e. The average molecular weight is 255 g/mol. The van der Waals surface area contributed by atoms with E-state index in [4.69, 9.17) is 9.84 Å². The Kier molecular flexibility index (Phi) is 2.89. The Morgan fingerprint density at radius 2 is 2.00 bits per heavy atom. The Hall–Kier alpha value is -2.40. The van der Waals surface area contributed by atoms with Gasteiger partial charge in [-0.25, -0.2) is 4.98 Å². The van der Waals surface area contributed by atoms with Crippen LogP contribution in [0, 0.1) is 6.92 Å². The first kappa shape index (κ1) is 11.7. The fraction of sp³-hybridized carbons (Fsp3) is 0.143. The molecule has 0 bridgehead atoms. The van der Waals surface area contributed by atoms with Crippen LogP contribution in [0.4, 0.5) is 0 Å². The van der Waals surface area contributed by atoms with Crippen LogP contribution in [0.2, 0.25) is 0 Å². The molecular formula is C14H13N3O2.